The summed E-state index contributed by atoms with van der Waals surface area (Å²) in [7, 11) is 0. The molecule has 0 bridgehead atoms. The van der Waals surface area contributed by atoms with Crippen LogP contribution in [-0.4, -0.2) is 92.5 Å². The molecule has 6 rings (SSSR count). The van der Waals surface area contributed by atoms with Gasteiger partial charge < -0.3 is 29.1 Å². The van der Waals surface area contributed by atoms with Crippen molar-refractivity contribution in [2.45, 2.75) is 50.6 Å². The summed E-state index contributed by atoms with van der Waals surface area (Å²) in [6.45, 7) is 2.49. The summed E-state index contributed by atoms with van der Waals surface area (Å²) in [6, 6.07) is 0.462. The van der Waals surface area contributed by atoms with Crippen LogP contribution in [0.1, 0.15) is 25.7 Å². The Kier molecular flexibility index (Phi) is 7.35. The van der Waals surface area contributed by atoms with Gasteiger partial charge >= 0.3 is 12.5 Å². The molecular formula is C26H27ClF3N7O5. The predicted octanol–water partition coefficient (Wildman–Crippen LogP) is 3.34. The minimum atomic E-state index is -2.92. The number of rotatable bonds is 7. The highest BCUT2D eigenvalue weighted by molar-refractivity contribution is 6.30. The van der Waals surface area contributed by atoms with Gasteiger partial charge in [-0.1, -0.05) is 11.6 Å². The molecule has 0 amide bonds. The topological polar surface area (TPSA) is 128 Å². The van der Waals surface area contributed by atoms with E-state index in [1.54, 1.807) is 6.07 Å². The van der Waals surface area contributed by atoms with Crippen molar-refractivity contribution in [3.63, 3.8) is 0 Å². The van der Waals surface area contributed by atoms with Gasteiger partial charge in [0, 0.05) is 30.9 Å². The van der Waals surface area contributed by atoms with E-state index in [0.29, 0.717) is 41.8 Å². The molecule has 16 heteroatoms. The number of ether oxygens (including phenoxy) is 3. The highest BCUT2D eigenvalue weighted by Gasteiger charge is 2.50. The highest BCUT2D eigenvalue weighted by Crippen LogP contribution is 2.40. The summed E-state index contributed by atoms with van der Waals surface area (Å²) in [5.41, 5.74) is -0.0998. The summed E-state index contributed by atoms with van der Waals surface area (Å²) < 4.78 is 60.1. The molecule has 3 aromatic heterocycles. The number of morpholine rings is 1. The van der Waals surface area contributed by atoms with Gasteiger partial charge in [0.2, 0.25) is 5.88 Å². The standard InChI is InChI=1S/C26H27ClF3N7O5/c1-13-26(11-40-12-26)41-4-3-35(13)18-5-16(27)8-31-23(18)42-17-6-19(24(38)39)36(10-17)22-20(28)21(33-14(2)34-22)15-7-32-37(9-15)25(29)30/h5,7-9,13,17,19,25H,3-4,6,10-12H2,1-2H3,(H,38,39)/t13-,17-,19-/m0/s1. The van der Waals surface area contributed by atoms with E-state index < -0.39 is 36.1 Å². The SMILES string of the molecule is Cc1nc(-c2cnn(C(F)F)c2)c(F)c(N2C[C@@H](Oc3ncc(Cl)cc3N3CCOC4(COC4)[C@@H]3C)C[C@H]2C(=O)O)n1. The number of anilines is 2. The third kappa shape index (κ3) is 4.98. The minimum Gasteiger partial charge on any atom is -0.480 e. The van der Waals surface area contributed by atoms with Gasteiger partial charge in [-0.25, -0.2) is 28.8 Å². The van der Waals surface area contributed by atoms with Crippen molar-refractivity contribution in [2.75, 3.05) is 42.7 Å². The van der Waals surface area contributed by atoms with Crippen LogP contribution in [0.15, 0.2) is 24.7 Å². The van der Waals surface area contributed by atoms with Crippen LogP contribution in [0.25, 0.3) is 11.3 Å². The number of hydrogen-bond donors (Lipinski definition) is 1. The second-order valence-corrected chi connectivity index (χ2v) is 10.9. The number of halogens is 4. The molecule has 12 nitrogen and oxygen atoms in total. The molecule has 0 unspecified atom stereocenters. The lowest BCUT2D eigenvalue weighted by Crippen LogP contribution is -2.68. The van der Waals surface area contributed by atoms with Crippen molar-refractivity contribution < 1.29 is 37.3 Å². The van der Waals surface area contributed by atoms with Crippen LogP contribution in [0.2, 0.25) is 5.02 Å². The number of aliphatic carboxylic acids is 1. The second-order valence-electron chi connectivity index (χ2n) is 10.5. The molecule has 224 valence electrons. The molecule has 3 saturated heterocycles. The molecule has 0 aromatic carbocycles. The van der Waals surface area contributed by atoms with Crippen molar-refractivity contribution in [1.29, 1.82) is 0 Å². The molecule has 3 aliphatic rings. The monoisotopic (exact) mass is 609 g/mol. The minimum absolute atomic E-state index is 0.00249. The Morgan fingerprint density at radius 2 is 2.05 bits per heavy atom. The lowest BCUT2D eigenvalue weighted by Gasteiger charge is -2.53. The van der Waals surface area contributed by atoms with E-state index in [0.717, 1.165) is 12.4 Å². The maximum atomic E-state index is 15.8. The molecule has 0 radical (unpaired) electrons. The fraction of sp³-hybridized carbons (Fsp3) is 0.500. The van der Waals surface area contributed by atoms with Gasteiger partial charge in [-0.2, -0.15) is 13.9 Å². The number of nitrogens with zero attached hydrogens (tertiary/aromatic N) is 7. The quantitative estimate of drug-likeness (QED) is 0.424. The van der Waals surface area contributed by atoms with Gasteiger partial charge in [-0.15, -0.1) is 0 Å². The molecule has 3 fully saturated rings. The first-order valence-electron chi connectivity index (χ1n) is 13.2. The molecule has 3 atom stereocenters. The van der Waals surface area contributed by atoms with Crippen molar-refractivity contribution in [1.82, 2.24) is 24.7 Å². The zero-order valence-electron chi connectivity index (χ0n) is 22.6. The Morgan fingerprint density at radius 3 is 2.71 bits per heavy atom. The Hall–Kier alpha value is -3.69. The number of carbonyl (C=O) groups is 1. The van der Waals surface area contributed by atoms with Gasteiger partial charge in [0.1, 0.15) is 35.0 Å². The van der Waals surface area contributed by atoms with E-state index in [9.17, 15) is 18.7 Å². The van der Waals surface area contributed by atoms with E-state index in [4.69, 9.17) is 25.8 Å². The number of aromatic nitrogens is 5. The number of pyridine rings is 1. The van der Waals surface area contributed by atoms with Crippen LogP contribution in [0.5, 0.6) is 5.88 Å². The third-order valence-corrected chi connectivity index (χ3v) is 8.08. The van der Waals surface area contributed by atoms with Gasteiger partial charge in [0.15, 0.2) is 11.6 Å². The third-order valence-electron chi connectivity index (χ3n) is 7.87. The normalized spacial score (nSPS) is 23.5. The number of carboxylic acid groups (broad SMARTS) is 1. The summed E-state index contributed by atoms with van der Waals surface area (Å²) in [4.78, 5) is 28.3. The summed E-state index contributed by atoms with van der Waals surface area (Å²) in [6.07, 6.45) is 2.75. The van der Waals surface area contributed by atoms with Gasteiger partial charge in [-0.05, 0) is 19.9 Å². The number of hydrogen-bond acceptors (Lipinski definition) is 10. The van der Waals surface area contributed by atoms with Gasteiger partial charge in [0.05, 0.1) is 43.6 Å². The maximum absolute atomic E-state index is 15.8. The predicted molar refractivity (Wildman–Crippen MR) is 143 cm³/mol. The first-order valence-corrected chi connectivity index (χ1v) is 13.6. The van der Waals surface area contributed by atoms with Crippen molar-refractivity contribution in [3.05, 3.63) is 41.3 Å². The van der Waals surface area contributed by atoms with Crippen LogP contribution in [-0.2, 0) is 14.3 Å². The van der Waals surface area contributed by atoms with Crippen LogP contribution < -0.4 is 14.5 Å². The smallest absolute Gasteiger partial charge is 0.333 e. The maximum Gasteiger partial charge on any atom is 0.333 e. The van der Waals surface area contributed by atoms with Crippen molar-refractivity contribution >= 4 is 29.1 Å². The lowest BCUT2D eigenvalue weighted by atomic mass is 9.90. The summed E-state index contributed by atoms with van der Waals surface area (Å²) in [5.74, 6) is -2.07. The Balaban J connectivity index is 1.29. The van der Waals surface area contributed by atoms with Crippen LogP contribution in [0.3, 0.4) is 0 Å². The van der Waals surface area contributed by atoms with Gasteiger partial charge in [0.25, 0.3) is 0 Å². The first kappa shape index (κ1) is 28.4. The van der Waals surface area contributed by atoms with Crippen LogP contribution in [0, 0.1) is 12.7 Å². The molecule has 6 heterocycles. The molecule has 0 aliphatic carbocycles. The Bertz CT molecular complexity index is 1510. The van der Waals surface area contributed by atoms with Gasteiger partial charge in [-0.3, -0.25) is 0 Å². The molecule has 42 heavy (non-hydrogen) atoms. The van der Waals surface area contributed by atoms with E-state index in [2.05, 4.69) is 25.0 Å². The molecule has 3 aromatic rings. The van der Waals surface area contributed by atoms with Crippen molar-refractivity contribution in [2.24, 2.45) is 0 Å². The average Bonchev–Trinajstić information content (AvgIpc) is 3.58. The zero-order valence-corrected chi connectivity index (χ0v) is 23.3. The molecule has 1 N–H and O–H groups in total. The Labute approximate surface area is 243 Å². The first-order chi connectivity index (χ1) is 20.1. The van der Waals surface area contributed by atoms with E-state index in [1.165, 1.54) is 18.0 Å². The Morgan fingerprint density at radius 1 is 1.26 bits per heavy atom. The lowest BCUT2D eigenvalue weighted by molar-refractivity contribution is -0.228. The zero-order chi connectivity index (χ0) is 29.8. The van der Waals surface area contributed by atoms with Crippen LogP contribution in [0.4, 0.5) is 24.7 Å². The largest absolute Gasteiger partial charge is 0.480 e. The fourth-order valence-electron chi connectivity index (χ4n) is 5.62. The van der Waals surface area contributed by atoms with Crippen molar-refractivity contribution in [3.8, 4) is 17.1 Å². The highest BCUT2D eigenvalue weighted by atomic mass is 35.5. The van der Waals surface area contributed by atoms with E-state index >= 15 is 4.39 Å². The fourth-order valence-corrected chi connectivity index (χ4v) is 5.77. The second kappa shape index (κ2) is 10.9. The van der Waals surface area contributed by atoms with Crippen LogP contribution >= 0.6 is 11.6 Å². The number of alkyl halides is 2. The molecule has 1 spiro atoms. The molecular weight excluding hydrogens is 583 g/mol. The number of carboxylic acids is 1. The summed E-state index contributed by atoms with van der Waals surface area (Å²) >= 11 is 6.31. The number of aryl methyl sites for hydroxylation is 1. The molecule has 0 saturated carbocycles. The van der Waals surface area contributed by atoms with E-state index in [-0.39, 0.29) is 47.8 Å². The average molecular weight is 610 g/mol. The summed E-state index contributed by atoms with van der Waals surface area (Å²) in [5, 5.41) is 14.0. The molecule has 3 aliphatic heterocycles. The van der Waals surface area contributed by atoms with E-state index in [1.807, 2.05) is 6.92 Å².